The number of nitroso groups, excluding NO2 is 1. The van der Waals surface area contributed by atoms with Crippen molar-refractivity contribution < 1.29 is 19.7 Å². The molecule has 0 spiro atoms. The number of nitrogens with zero attached hydrogens (tertiary/aromatic N) is 2. The van der Waals surface area contributed by atoms with Crippen molar-refractivity contribution in [1.82, 2.24) is 4.57 Å². The van der Waals surface area contributed by atoms with E-state index in [4.69, 9.17) is 9.47 Å². The fraction of sp³-hybridized carbons (Fsp3) is 0.167. The highest BCUT2D eigenvalue weighted by molar-refractivity contribution is 6.01. The summed E-state index contributed by atoms with van der Waals surface area (Å²) in [5.74, 6) is 1.57. The summed E-state index contributed by atoms with van der Waals surface area (Å²) < 4.78 is 13.0. The van der Waals surface area contributed by atoms with Gasteiger partial charge in [0, 0.05) is 29.3 Å². The molecule has 4 rings (SSSR count). The Morgan fingerprint density at radius 3 is 2.16 bits per heavy atom. The molecule has 0 saturated heterocycles. The van der Waals surface area contributed by atoms with Gasteiger partial charge in [0.25, 0.3) is 0 Å². The lowest BCUT2D eigenvalue weighted by atomic mass is 10.0. The molecule has 0 aliphatic rings. The molecule has 3 aromatic carbocycles. The second-order valence-electron chi connectivity index (χ2n) is 7.18. The number of phenolic OH excluding ortho intramolecular Hbond substituents is 2. The highest BCUT2D eigenvalue weighted by atomic mass is 16.5. The van der Waals surface area contributed by atoms with Crippen LogP contribution < -0.4 is 9.47 Å². The fourth-order valence-electron chi connectivity index (χ4n) is 3.74. The Kier molecular flexibility index (Phi) is 5.49. The fourth-order valence-corrected chi connectivity index (χ4v) is 3.74. The molecule has 0 aliphatic carbocycles. The molecule has 1 unspecified atom stereocenters. The zero-order valence-electron chi connectivity index (χ0n) is 17.1. The smallest absolute Gasteiger partial charge is 0.135 e. The van der Waals surface area contributed by atoms with Crippen LogP contribution in [0.15, 0.2) is 72.0 Å². The number of fused-ring (bicyclic) bond motifs is 1. The summed E-state index contributed by atoms with van der Waals surface area (Å²) in [6.07, 6.45) is 1.94. The van der Waals surface area contributed by atoms with E-state index < -0.39 is 6.04 Å². The highest BCUT2D eigenvalue weighted by Crippen LogP contribution is 2.41. The number of ether oxygens (including phenoxy) is 2. The summed E-state index contributed by atoms with van der Waals surface area (Å²) in [6.45, 7) is 0.291. The highest BCUT2D eigenvalue weighted by Gasteiger charge is 2.20. The van der Waals surface area contributed by atoms with E-state index in [1.54, 1.807) is 38.5 Å². The van der Waals surface area contributed by atoms with Gasteiger partial charge >= 0.3 is 0 Å². The predicted octanol–water partition coefficient (Wildman–Crippen LogP) is 5.24. The van der Waals surface area contributed by atoms with Crippen molar-refractivity contribution >= 4 is 10.9 Å². The normalized spacial score (nSPS) is 11.9. The van der Waals surface area contributed by atoms with Crippen LogP contribution in [0.25, 0.3) is 22.0 Å². The van der Waals surface area contributed by atoms with Gasteiger partial charge in [0.2, 0.25) is 0 Å². The van der Waals surface area contributed by atoms with Crippen LogP contribution in [0.2, 0.25) is 0 Å². The lowest BCUT2D eigenvalue weighted by molar-refractivity contribution is 0.397. The number of benzene rings is 3. The van der Waals surface area contributed by atoms with Crippen molar-refractivity contribution in [1.29, 1.82) is 0 Å². The molecule has 0 fully saturated rings. The summed E-state index contributed by atoms with van der Waals surface area (Å²) in [5.41, 5.74) is 3.32. The maximum Gasteiger partial charge on any atom is 0.135 e. The van der Waals surface area contributed by atoms with E-state index in [0.717, 1.165) is 22.0 Å². The maximum absolute atomic E-state index is 11.7. The summed E-state index contributed by atoms with van der Waals surface area (Å²) in [7, 11) is 3.18. The molecule has 0 saturated carbocycles. The minimum atomic E-state index is -0.652. The van der Waals surface area contributed by atoms with E-state index in [2.05, 4.69) is 5.18 Å². The van der Waals surface area contributed by atoms with E-state index in [9.17, 15) is 15.1 Å². The van der Waals surface area contributed by atoms with Crippen molar-refractivity contribution in [2.75, 3.05) is 14.2 Å². The van der Waals surface area contributed by atoms with Crippen LogP contribution in [0, 0.1) is 4.91 Å². The van der Waals surface area contributed by atoms with Crippen molar-refractivity contribution in [3.63, 3.8) is 0 Å². The van der Waals surface area contributed by atoms with Crippen LogP contribution >= 0.6 is 0 Å². The molecule has 0 aliphatic heterocycles. The van der Waals surface area contributed by atoms with Gasteiger partial charge in [0.15, 0.2) is 0 Å². The summed E-state index contributed by atoms with van der Waals surface area (Å²) >= 11 is 0. The molecule has 0 radical (unpaired) electrons. The predicted molar refractivity (Wildman–Crippen MR) is 119 cm³/mol. The molecule has 1 heterocycles. The quantitative estimate of drug-likeness (QED) is 0.400. The molecule has 158 valence electrons. The Labute approximate surface area is 179 Å². The molecule has 7 heteroatoms. The first-order chi connectivity index (χ1) is 15.0. The Balaban J connectivity index is 1.88. The van der Waals surface area contributed by atoms with Crippen LogP contribution in [0.1, 0.15) is 11.6 Å². The lowest BCUT2D eigenvalue weighted by Crippen LogP contribution is -2.06. The zero-order valence-corrected chi connectivity index (χ0v) is 17.1. The van der Waals surface area contributed by atoms with Crippen LogP contribution in [0.5, 0.6) is 23.0 Å². The van der Waals surface area contributed by atoms with Gasteiger partial charge in [-0.1, -0.05) is 29.4 Å². The molecular formula is C24H22N2O5. The number of phenols is 2. The third-order valence-electron chi connectivity index (χ3n) is 5.33. The lowest BCUT2D eigenvalue weighted by Gasteiger charge is -2.13. The van der Waals surface area contributed by atoms with Gasteiger partial charge in [-0.15, -0.1) is 0 Å². The number of rotatable bonds is 7. The average Bonchev–Trinajstić information content (AvgIpc) is 3.16. The second kappa shape index (κ2) is 8.39. The summed E-state index contributed by atoms with van der Waals surface area (Å²) in [4.78, 5) is 11.7. The number of aromatic hydroxyl groups is 2. The maximum atomic E-state index is 11.7. The van der Waals surface area contributed by atoms with E-state index in [1.165, 1.54) is 12.1 Å². The van der Waals surface area contributed by atoms with E-state index in [1.807, 2.05) is 35.0 Å². The molecule has 0 bridgehead atoms. The van der Waals surface area contributed by atoms with E-state index in [-0.39, 0.29) is 11.5 Å². The monoisotopic (exact) mass is 418 g/mol. The minimum absolute atomic E-state index is 0.129. The zero-order chi connectivity index (χ0) is 22.0. The Morgan fingerprint density at radius 1 is 0.935 bits per heavy atom. The van der Waals surface area contributed by atoms with E-state index in [0.29, 0.717) is 23.6 Å². The largest absolute Gasteiger partial charge is 0.508 e. The van der Waals surface area contributed by atoms with Gasteiger partial charge < -0.3 is 24.3 Å². The number of aromatic nitrogens is 1. The van der Waals surface area contributed by atoms with Crippen molar-refractivity contribution in [2.45, 2.75) is 12.6 Å². The number of methoxy groups -OCH3 is 2. The molecule has 7 nitrogen and oxygen atoms in total. The van der Waals surface area contributed by atoms with Crippen LogP contribution in [-0.4, -0.2) is 29.0 Å². The van der Waals surface area contributed by atoms with Gasteiger partial charge in [-0.25, -0.2) is 0 Å². The average molecular weight is 418 g/mol. The topological polar surface area (TPSA) is 93.3 Å². The molecule has 2 N–H and O–H groups in total. The van der Waals surface area contributed by atoms with Gasteiger partial charge in [-0.3, -0.25) is 0 Å². The number of hydrogen-bond donors (Lipinski definition) is 2. The third-order valence-corrected chi connectivity index (χ3v) is 5.33. The SMILES string of the molecule is COc1cc(OC)c2c(-c3ccc(O)cc3)cn(CC(N=O)c3ccc(O)cc3)c2c1. The van der Waals surface area contributed by atoms with Gasteiger partial charge in [0.05, 0.1) is 26.3 Å². The van der Waals surface area contributed by atoms with Gasteiger partial charge in [0.1, 0.15) is 29.0 Å². The standard InChI is InChI=1S/C24H22N2O5/c1-30-19-11-22-24(23(12-19)31-2)20(15-3-7-17(27)8-4-15)13-26(22)14-21(25-29)16-5-9-18(28)10-6-16/h3-13,21,27-28H,14H2,1-2H3. The first kappa shape index (κ1) is 20.3. The summed E-state index contributed by atoms with van der Waals surface area (Å²) in [6, 6.07) is 16.4. The number of hydrogen-bond acceptors (Lipinski definition) is 6. The van der Waals surface area contributed by atoms with Crippen LogP contribution in [-0.2, 0) is 6.54 Å². The molecule has 0 amide bonds. The minimum Gasteiger partial charge on any atom is -0.508 e. The van der Waals surface area contributed by atoms with E-state index >= 15 is 0 Å². The molecular weight excluding hydrogens is 396 g/mol. The first-order valence-corrected chi connectivity index (χ1v) is 9.69. The van der Waals surface area contributed by atoms with Crippen molar-refractivity contribution in [3.8, 4) is 34.1 Å². The Bertz CT molecular complexity index is 1210. The Hall–Kier alpha value is -4.00. The van der Waals surface area contributed by atoms with Crippen LogP contribution in [0.4, 0.5) is 0 Å². The Morgan fingerprint density at radius 2 is 1.58 bits per heavy atom. The van der Waals surface area contributed by atoms with Crippen molar-refractivity contribution in [2.24, 2.45) is 5.18 Å². The third kappa shape index (κ3) is 3.90. The van der Waals surface area contributed by atoms with Gasteiger partial charge in [-0.2, -0.15) is 4.91 Å². The van der Waals surface area contributed by atoms with Crippen LogP contribution in [0.3, 0.4) is 0 Å². The second-order valence-corrected chi connectivity index (χ2v) is 7.18. The molecule has 1 aromatic heterocycles. The summed E-state index contributed by atoms with van der Waals surface area (Å²) in [5, 5.41) is 23.4. The van der Waals surface area contributed by atoms with Gasteiger partial charge in [-0.05, 0) is 35.4 Å². The molecule has 31 heavy (non-hydrogen) atoms. The molecule has 4 aromatic rings. The van der Waals surface area contributed by atoms with Crippen molar-refractivity contribution in [3.05, 3.63) is 77.3 Å². The molecule has 1 atom stereocenters. The first-order valence-electron chi connectivity index (χ1n) is 9.69.